The minimum absolute atomic E-state index is 0.0802. The fourth-order valence-electron chi connectivity index (χ4n) is 2.33. The normalized spacial score (nSPS) is 18.8. The van der Waals surface area contributed by atoms with E-state index in [9.17, 15) is 4.79 Å². The molecule has 0 aliphatic carbocycles. The van der Waals surface area contributed by atoms with Crippen LogP contribution in [0.15, 0.2) is 24.3 Å². The number of thioether (sulfide) groups is 1. The second kappa shape index (κ2) is 7.38. The molecule has 1 aromatic carbocycles. The highest BCUT2D eigenvalue weighted by Crippen LogP contribution is 2.38. The Morgan fingerprint density at radius 3 is 2.55 bits per heavy atom. The number of hydrogen-bond donors (Lipinski definition) is 0. The Kier molecular flexibility index (Phi) is 5.75. The molecule has 1 fully saturated rings. The molecule has 1 amide bonds. The van der Waals surface area contributed by atoms with Gasteiger partial charge in [0.05, 0.1) is 12.4 Å². The van der Waals surface area contributed by atoms with Crippen LogP contribution >= 0.6 is 11.8 Å². The molecule has 1 saturated heterocycles. The quantitative estimate of drug-likeness (QED) is 0.751. The maximum atomic E-state index is 12.0. The van der Waals surface area contributed by atoms with Crippen molar-refractivity contribution in [3.05, 3.63) is 29.8 Å². The van der Waals surface area contributed by atoms with Crippen molar-refractivity contribution >= 4 is 17.7 Å². The molecule has 0 aromatic heterocycles. The van der Waals surface area contributed by atoms with E-state index in [1.165, 1.54) is 0 Å². The van der Waals surface area contributed by atoms with Gasteiger partial charge in [-0.05, 0) is 45.4 Å². The third-order valence-electron chi connectivity index (χ3n) is 3.24. The van der Waals surface area contributed by atoms with Crippen LogP contribution in [0.1, 0.15) is 38.6 Å². The number of rotatable bonds is 6. The standard InChI is InChI=1S/C17H25NO3S/c1-5-20-11-10-18-15(19)12-22-16(18)13-6-8-14(9-7-13)21-17(2,3)4/h6-9,16H,5,10-12H2,1-4H3. The number of nitrogens with zero attached hydrogens (tertiary/aromatic N) is 1. The van der Waals surface area contributed by atoms with Gasteiger partial charge in [0.1, 0.15) is 16.7 Å². The molecule has 1 aliphatic heterocycles. The summed E-state index contributed by atoms with van der Waals surface area (Å²) in [5.41, 5.74) is 0.928. The second-order valence-corrected chi connectivity index (χ2v) is 7.30. The van der Waals surface area contributed by atoms with Crippen LogP contribution in [-0.2, 0) is 9.53 Å². The minimum Gasteiger partial charge on any atom is -0.488 e. The van der Waals surface area contributed by atoms with Crippen LogP contribution in [0.25, 0.3) is 0 Å². The summed E-state index contributed by atoms with van der Waals surface area (Å²) in [4.78, 5) is 13.9. The van der Waals surface area contributed by atoms with Crippen LogP contribution in [0, 0.1) is 0 Å². The van der Waals surface area contributed by atoms with Crippen LogP contribution < -0.4 is 4.74 Å². The molecule has 4 nitrogen and oxygen atoms in total. The van der Waals surface area contributed by atoms with Gasteiger partial charge in [-0.3, -0.25) is 4.79 Å². The largest absolute Gasteiger partial charge is 0.488 e. The molecule has 0 N–H and O–H groups in total. The molecule has 1 aliphatic rings. The maximum Gasteiger partial charge on any atom is 0.233 e. The average molecular weight is 323 g/mol. The summed E-state index contributed by atoms with van der Waals surface area (Å²) >= 11 is 1.67. The van der Waals surface area contributed by atoms with E-state index < -0.39 is 0 Å². The summed E-state index contributed by atoms with van der Waals surface area (Å²) in [6, 6.07) is 8.05. The van der Waals surface area contributed by atoms with Crippen molar-refractivity contribution in [1.29, 1.82) is 0 Å². The van der Waals surface area contributed by atoms with Crippen molar-refractivity contribution in [2.45, 2.75) is 38.7 Å². The molecule has 0 spiro atoms. The summed E-state index contributed by atoms with van der Waals surface area (Å²) in [5.74, 6) is 1.58. The lowest BCUT2D eigenvalue weighted by atomic mass is 10.1. The number of ether oxygens (including phenoxy) is 2. The molecule has 1 atom stereocenters. The molecule has 5 heteroatoms. The van der Waals surface area contributed by atoms with Gasteiger partial charge >= 0.3 is 0 Å². The molecule has 1 heterocycles. The molecule has 122 valence electrons. The lowest BCUT2D eigenvalue weighted by Gasteiger charge is -2.25. The summed E-state index contributed by atoms with van der Waals surface area (Å²) in [6.07, 6.45) is 0. The van der Waals surface area contributed by atoms with Crippen molar-refractivity contribution in [3.63, 3.8) is 0 Å². The molecule has 0 radical (unpaired) electrons. The van der Waals surface area contributed by atoms with Crippen LogP contribution in [0.5, 0.6) is 5.75 Å². The van der Waals surface area contributed by atoms with E-state index in [2.05, 4.69) is 0 Å². The second-order valence-electron chi connectivity index (χ2n) is 6.23. The smallest absolute Gasteiger partial charge is 0.233 e. The molecule has 1 aromatic rings. The van der Waals surface area contributed by atoms with E-state index in [0.29, 0.717) is 25.5 Å². The minimum atomic E-state index is -0.205. The van der Waals surface area contributed by atoms with Gasteiger partial charge in [0.15, 0.2) is 0 Å². The van der Waals surface area contributed by atoms with Gasteiger partial charge in [-0.25, -0.2) is 0 Å². The third kappa shape index (κ3) is 4.65. The lowest BCUT2D eigenvalue weighted by molar-refractivity contribution is -0.128. The first-order valence-electron chi connectivity index (χ1n) is 7.68. The Morgan fingerprint density at radius 2 is 1.95 bits per heavy atom. The summed E-state index contributed by atoms with van der Waals surface area (Å²) in [6.45, 7) is 9.96. The van der Waals surface area contributed by atoms with Crippen LogP contribution in [0.3, 0.4) is 0 Å². The van der Waals surface area contributed by atoms with Crippen LogP contribution in [-0.4, -0.2) is 41.9 Å². The van der Waals surface area contributed by atoms with E-state index in [0.717, 1.165) is 11.3 Å². The van der Waals surface area contributed by atoms with Gasteiger partial charge in [-0.15, -0.1) is 11.8 Å². The predicted octanol–water partition coefficient (Wildman–Crippen LogP) is 3.47. The van der Waals surface area contributed by atoms with Crippen LogP contribution in [0.4, 0.5) is 0 Å². The lowest BCUT2D eigenvalue weighted by Crippen LogP contribution is -2.31. The van der Waals surface area contributed by atoms with Gasteiger partial charge < -0.3 is 14.4 Å². The van der Waals surface area contributed by atoms with Crippen molar-refractivity contribution in [2.75, 3.05) is 25.5 Å². The fourth-order valence-corrected chi connectivity index (χ4v) is 3.55. The zero-order chi connectivity index (χ0) is 16.2. The zero-order valence-electron chi connectivity index (χ0n) is 13.8. The zero-order valence-corrected chi connectivity index (χ0v) is 14.6. The van der Waals surface area contributed by atoms with Crippen molar-refractivity contribution in [3.8, 4) is 5.75 Å². The fraction of sp³-hybridized carbons (Fsp3) is 0.588. The third-order valence-corrected chi connectivity index (χ3v) is 4.49. The first-order chi connectivity index (χ1) is 10.4. The number of carbonyl (C=O) groups excluding carboxylic acids is 1. The van der Waals surface area contributed by atoms with E-state index in [4.69, 9.17) is 9.47 Å². The van der Waals surface area contributed by atoms with Crippen molar-refractivity contribution in [1.82, 2.24) is 4.90 Å². The number of hydrogen-bond acceptors (Lipinski definition) is 4. The number of benzene rings is 1. The SMILES string of the molecule is CCOCCN1C(=O)CSC1c1ccc(OC(C)(C)C)cc1. The first-order valence-corrected chi connectivity index (χ1v) is 8.73. The Labute approximate surface area is 137 Å². The van der Waals surface area contributed by atoms with Crippen LogP contribution in [0.2, 0.25) is 0 Å². The Balaban J connectivity index is 2.04. The number of carbonyl (C=O) groups is 1. The van der Waals surface area contributed by atoms with Crippen molar-refractivity contribution in [2.24, 2.45) is 0 Å². The molecule has 0 saturated carbocycles. The highest BCUT2D eigenvalue weighted by atomic mass is 32.2. The predicted molar refractivity (Wildman–Crippen MR) is 90.2 cm³/mol. The summed E-state index contributed by atoms with van der Waals surface area (Å²) < 4.78 is 11.2. The van der Waals surface area contributed by atoms with Crippen molar-refractivity contribution < 1.29 is 14.3 Å². The Bertz CT molecular complexity index is 496. The van der Waals surface area contributed by atoms with E-state index in [-0.39, 0.29) is 16.9 Å². The summed E-state index contributed by atoms with van der Waals surface area (Å²) in [5, 5.41) is 0.0802. The topological polar surface area (TPSA) is 38.8 Å². The van der Waals surface area contributed by atoms with Gasteiger partial charge in [0.2, 0.25) is 5.91 Å². The highest BCUT2D eigenvalue weighted by molar-refractivity contribution is 8.00. The molecule has 0 bridgehead atoms. The Hall–Kier alpha value is -1.20. The van der Waals surface area contributed by atoms with Gasteiger partial charge in [-0.2, -0.15) is 0 Å². The summed E-state index contributed by atoms with van der Waals surface area (Å²) in [7, 11) is 0. The molecular weight excluding hydrogens is 298 g/mol. The molecule has 2 rings (SSSR count). The Morgan fingerprint density at radius 1 is 1.27 bits per heavy atom. The maximum absolute atomic E-state index is 12.0. The monoisotopic (exact) mass is 323 g/mol. The highest BCUT2D eigenvalue weighted by Gasteiger charge is 2.32. The molecule has 22 heavy (non-hydrogen) atoms. The van der Waals surface area contributed by atoms with E-state index >= 15 is 0 Å². The molecule has 1 unspecified atom stereocenters. The van der Waals surface area contributed by atoms with Gasteiger partial charge in [-0.1, -0.05) is 12.1 Å². The molecular formula is C17H25NO3S. The van der Waals surface area contributed by atoms with E-state index in [1.807, 2.05) is 56.9 Å². The average Bonchev–Trinajstić information content (AvgIpc) is 2.80. The van der Waals surface area contributed by atoms with E-state index in [1.54, 1.807) is 11.8 Å². The number of amides is 1. The van der Waals surface area contributed by atoms with Gasteiger partial charge in [0, 0.05) is 13.2 Å². The van der Waals surface area contributed by atoms with Gasteiger partial charge in [0.25, 0.3) is 0 Å². The first kappa shape index (κ1) is 17.2.